The third-order valence-electron chi connectivity index (χ3n) is 5.54. The largest absolute Gasteiger partial charge is 0.491 e. The zero-order valence-electron chi connectivity index (χ0n) is 18.4. The van der Waals surface area contributed by atoms with E-state index < -0.39 is 0 Å². The van der Waals surface area contributed by atoms with Crippen molar-refractivity contribution in [3.05, 3.63) is 30.3 Å². The molecule has 1 rings (SSSR count). The van der Waals surface area contributed by atoms with Gasteiger partial charge in [-0.2, -0.15) is 0 Å². The molecule has 27 heavy (non-hydrogen) atoms. The standard InChI is InChI=1S/C26H46O/c1-3-4-5-6-7-8-9-10-11-12-13-14-15-16-17-19-22-25(2)27-26-23-20-18-21-24-26/h18,20-21,23-25H,3-17,19,22H2,1-2H3. The van der Waals surface area contributed by atoms with Gasteiger partial charge in [-0.05, 0) is 31.9 Å². The quantitative estimate of drug-likeness (QED) is 0.219. The maximum Gasteiger partial charge on any atom is 0.119 e. The summed E-state index contributed by atoms with van der Waals surface area (Å²) < 4.78 is 5.94. The van der Waals surface area contributed by atoms with Gasteiger partial charge in [-0.3, -0.25) is 0 Å². The molecule has 0 bridgehead atoms. The molecule has 0 spiro atoms. The summed E-state index contributed by atoms with van der Waals surface area (Å²) >= 11 is 0. The van der Waals surface area contributed by atoms with Crippen molar-refractivity contribution >= 4 is 0 Å². The summed E-state index contributed by atoms with van der Waals surface area (Å²) in [5.41, 5.74) is 0. The molecule has 0 aliphatic rings. The van der Waals surface area contributed by atoms with Gasteiger partial charge in [0.25, 0.3) is 0 Å². The second-order valence-corrected chi connectivity index (χ2v) is 8.33. The molecule has 156 valence electrons. The fraction of sp³-hybridized carbons (Fsp3) is 0.769. The number of hydrogen-bond donors (Lipinski definition) is 0. The van der Waals surface area contributed by atoms with Crippen LogP contribution in [0.1, 0.15) is 123 Å². The lowest BCUT2D eigenvalue weighted by Crippen LogP contribution is -2.11. The van der Waals surface area contributed by atoms with E-state index in [0.717, 1.165) is 5.75 Å². The third kappa shape index (κ3) is 15.7. The van der Waals surface area contributed by atoms with E-state index in [1.807, 2.05) is 30.3 Å². The molecule has 0 aromatic heterocycles. The lowest BCUT2D eigenvalue weighted by atomic mass is 10.0. The van der Waals surface area contributed by atoms with Crippen LogP contribution >= 0.6 is 0 Å². The van der Waals surface area contributed by atoms with Crippen molar-refractivity contribution in [1.29, 1.82) is 0 Å². The maximum absolute atomic E-state index is 5.94. The molecule has 0 radical (unpaired) electrons. The lowest BCUT2D eigenvalue weighted by molar-refractivity contribution is 0.206. The van der Waals surface area contributed by atoms with Crippen molar-refractivity contribution in [3.63, 3.8) is 0 Å². The highest BCUT2D eigenvalue weighted by Crippen LogP contribution is 2.16. The first-order chi connectivity index (χ1) is 13.3. The highest BCUT2D eigenvalue weighted by atomic mass is 16.5. The first kappa shape index (κ1) is 24.1. The highest BCUT2D eigenvalue weighted by Gasteiger charge is 2.03. The third-order valence-corrected chi connectivity index (χ3v) is 5.54. The van der Waals surface area contributed by atoms with E-state index in [2.05, 4.69) is 13.8 Å². The second kappa shape index (κ2) is 18.4. The molecule has 0 saturated heterocycles. The van der Waals surface area contributed by atoms with Crippen LogP contribution in [0.2, 0.25) is 0 Å². The Bertz CT molecular complexity index is 400. The fourth-order valence-electron chi connectivity index (χ4n) is 3.77. The van der Waals surface area contributed by atoms with Crippen LogP contribution in [-0.4, -0.2) is 6.10 Å². The van der Waals surface area contributed by atoms with Crippen LogP contribution < -0.4 is 4.74 Å². The minimum atomic E-state index is 0.332. The number of para-hydroxylation sites is 1. The maximum atomic E-state index is 5.94. The molecule has 0 aliphatic heterocycles. The summed E-state index contributed by atoms with van der Waals surface area (Å²) in [7, 11) is 0. The molecule has 1 heteroatoms. The lowest BCUT2D eigenvalue weighted by Gasteiger charge is -2.14. The molecule has 1 nitrogen and oxygen atoms in total. The number of hydrogen-bond acceptors (Lipinski definition) is 1. The van der Waals surface area contributed by atoms with Crippen LogP contribution in [0.4, 0.5) is 0 Å². The smallest absolute Gasteiger partial charge is 0.119 e. The van der Waals surface area contributed by atoms with Gasteiger partial charge in [0, 0.05) is 0 Å². The van der Waals surface area contributed by atoms with Crippen molar-refractivity contribution in [2.45, 2.75) is 129 Å². The first-order valence-corrected chi connectivity index (χ1v) is 12.0. The van der Waals surface area contributed by atoms with Crippen molar-refractivity contribution in [2.24, 2.45) is 0 Å². The van der Waals surface area contributed by atoms with Crippen molar-refractivity contribution in [1.82, 2.24) is 0 Å². The van der Waals surface area contributed by atoms with Gasteiger partial charge in [-0.1, -0.05) is 121 Å². The van der Waals surface area contributed by atoms with Gasteiger partial charge in [0.2, 0.25) is 0 Å². The molecule has 0 heterocycles. The summed E-state index contributed by atoms with van der Waals surface area (Å²) in [6.45, 7) is 4.49. The molecular formula is C26H46O. The molecule has 0 aliphatic carbocycles. The van der Waals surface area contributed by atoms with Gasteiger partial charge in [-0.15, -0.1) is 0 Å². The predicted molar refractivity (Wildman–Crippen MR) is 121 cm³/mol. The fourth-order valence-corrected chi connectivity index (χ4v) is 3.77. The first-order valence-electron chi connectivity index (χ1n) is 12.0. The molecule has 0 amide bonds. The summed E-state index contributed by atoms with van der Waals surface area (Å²) in [6.07, 6.45) is 24.4. The Hall–Kier alpha value is -0.980. The van der Waals surface area contributed by atoms with Crippen LogP contribution in [0.3, 0.4) is 0 Å². The van der Waals surface area contributed by atoms with Gasteiger partial charge in [0.1, 0.15) is 5.75 Å². The van der Waals surface area contributed by atoms with Gasteiger partial charge < -0.3 is 4.74 Å². The minimum absolute atomic E-state index is 0.332. The summed E-state index contributed by atoms with van der Waals surface area (Å²) in [5, 5.41) is 0. The molecular weight excluding hydrogens is 328 g/mol. The Labute approximate surface area is 170 Å². The average Bonchev–Trinajstić information content (AvgIpc) is 2.68. The zero-order chi connectivity index (χ0) is 19.4. The Kier molecular flexibility index (Phi) is 16.4. The van der Waals surface area contributed by atoms with Crippen molar-refractivity contribution < 1.29 is 4.74 Å². The molecule has 0 fully saturated rings. The van der Waals surface area contributed by atoms with Crippen LogP contribution in [0.25, 0.3) is 0 Å². The number of benzene rings is 1. The highest BCUT2D eigenvalue weighted by molar-refractivity contribution is 5.21. The summed E-state index contributed by atoms with van der Waals surface area (Å²) in [4.78, 5) is 0. The molecule has 1 unspecified atom stereocenters. The van der Waals surface area contributed by atoms with E-state index >= 15 is 0 Å². The van der Waals surface area contributed by atoms with Crippen LogP contribution in [0, 0.1) is 0 Å². The van der Waals surface area contributed by atoms with E-state index in [1.165, 1.54) is 109 Å². The monoisotopic (exact) mass is 374 g/mol. The number of unbranched alkanes of at least 4 members (excludes halogenated alkanes) is 15. The number of rotatable bonds is 19. The van der Waals surface area contributed by atoms with Gasteiger partial charge in [0.05, 0.1) is 6.10 Å². The van der Waals surface area contributed by atoms with E-state index in [1.54, 1.807) is 0 Å². The predicted octanol–water partition coefficient (Wildman–Crippen LogP) is 9.11. The van der Waals surface area contributed by atoms with E-state index in [-0.39, 0.29) is 0 Å². The van der Waals surface area contributed by atoms with Crippen LogP contribution in [0.5, 0.6) is 5.75 Å². The Balaban J connectivity index is 1.75. The zero-order valence-corrected chi connectivity index (χ0v) is 18.4. The topological polar surface area (TPSA) is 9.23 Å². The SMILES string of the molecule is CCCCCCCCCCCCCCCCCCC(C)Oc1ccccc1. The normalized spacial score (nSPS) is 12.2. The Morgan fingerprint density at radius 1 is 0.593 bits per heavy atom. The molecule has 1 atom stereocenters. The van der Waals surface area contributed by atoms with Crippen LogP contribution in [-0.2, 0) is 0 Å². The average molecular weight is 375 g/mol. The van der Waals surface area contributed by atoms with Gasteiger partial charge >= 0.3 is 0 Å². The van der Waals surface area contributed by atoms with Gasteiger partial charge in [0.15, 0.2) is 0 Å². The van der Waals surface area contributed by atoms with E-state index in [9.17, 15) is 0 Å². The van der Waals surface area contributed by atoms with Crippen molar-refractivity contribution in [3.8, 4) is 5.75 Å². The van der Waals surface area contributed by atoms with E-state index in [0.29, 0.717) is 6.10 Å². The summed E-state index contributed by atoms with van der Waals surface area (Å²) in [5.74, 6) is 1.00. The summed E-state index contributed by atoms with van der Waals surface area (Å²) in [6, 6.07) is 10.2. The van der Waals surface area contributed by atoms with Crippen LogP contribution in [0.15, 0.2) is 30.3 Å². The van der Waals surface area contributed by atoms with E-state index in [4.69, 9.17) is 4.74 Å². The molecule has 1 aromatic rings. The number of ether oxygens (including phenoxy) is 1. The Morgan fingerprint density at radius 3 is 1.44 bits per heavy atom. The van der Waals surface area contributed by atoms with Gasteiger partial charge in [-0.25, -0.2) is 0 Å². The molecule has 0 N–H and O–H groups in total. The molecule has 0 saturated carbocycles. The second-order valence-electron chi connectivity index (χ2n) is 8.33. The Morgan fingerprint density at radius 2 is 1.00 bits per heavy atom. The minimum Gasteiger partial charge on any atom is -0.491 e. The molecule has 1 aromatic carbocycles. The van der Waals surface area contributed by atoms with Crippen molar-refractivity contribution in [2.75, 3.05) is 0 Å².